The van der Waals surface area contributed by atoms with Gasteiger partial charge in [-0.15, -0.1) is 0 Å². The molecule has 0 spiro atoms. The number of fused-ring (bicyclic) bond motifs is 9. The molecule has 3 aromatic rings. The molecule has 6 aliphatic rings. The molecular weight excluding hydrogens is 1140 g/mol. The molecule has 6 N–H and O–H groups in total. The van der Waals surface area contributed by atoms with Crippen LogP contribution in [0.4, 0.5) is 0 Å². The summed E-state index contributed by atoms with van der Waals surface area (Å²) in [7, 11) is -1.88. The van der Waals surface area contributed by atoms with Crippen molar-refractivity contribution in [2.24, 2.45) is 70.3 Å². The summed E-state index contributed by atoms with van der Waals surface area (Å²) < 4.78 is 595. The van der Waals surface area contributed by atoms with Crippen LogP contribution in [0.1, 0.15) is 263 Å². The summed E-state index contributed by atoms with van der Waals surface area (Å²) >= 11 is 0. The van der Waals surface area contributed by atoms with E-state index >= 15 is 0 Å². The van der Waals surface area contributed by atoms with Crippen molar-refractivity contribution >= 4 is 17.9 Å². The highest BCUT2D eigenvalue weighted by atomic mass is 16.6. The number of piperidine rings is 3. The molecule has 0 aromatic heterocycles. The van der Waals surface area contributed by atoms with Gasteiger partial charge in [0, 0.05) is 167 Å². The van der Waals surface area contributed by atoms with Crippen molar-refractivity contribution in [1.29, 1.82) is 0 Å². The third-order valence-electron chi connectivity index (χ3n) is 13.8. The molecule has 0 amide bonds. The first kappa shape index (κ1) is 24.1. The molecule has 0 saturated carbocycles. The summed E-state index contributed by atoms with van der Waals surface area (Å²) in [5.74, 6) is -43.8. The van der Waals surface area contributed by atoms with Crippen molar-refractivity contribution in [2.75, 3.05) is 81.6 Å². The van der Waals surface area contributed by atoms with Crippen LogP contribution in [0, 0.1) is 53.1 Å². The molecule has 3 fully saturated rings. The summed E-state index contributed by atoms with van der Waals surface area (Å²) in [6.45, 7) is -47.2. The number of esters is 3. The number of rotatable bonds is 21. The molecule has 6 aliphatic heterocycles. The lowest BCUT2D eigenvalue weighted by atomic mass is 9.79. The van der Waals surface area contributed by atoms with E-state index in [1.807, 2.05) is 0 Å². The van der Waals surface area contributed by atoms with Crippen molar-refractivity contribution in [3.63, 3.8) is 0 Å². The fourth-order valence-corrected chi connectivity index (χ4v) is 9.61. The second-order valence-electron chi connectivity index (χ2n) is 19.8. The van der Waals surface area contributed by atoms with E-state index in [1.54, 1.807) is 0 Å². The highest BCUT2D eigenvalue weighted by molar-refractivity contribution is 5.77. The molecule has 0 bridgehead atoms. The maximum absolute atomic E-state index is 13.8. The molecule has 90 heavy (non-hydrogen) atoms. The van der Waals surface area contributed by atoms with Crippen molar-refractivity contribution in [3.05, 3.63) is 69.7 Å². The summed E-state index contributed by atoms with van der Waals surface area (Å²) in [5.41, 5.74) is 14.9. The first-order valence-corrected chi connectivity index (χ1v) is 26.7. The number of hydrogen-bond acceptors (Lipinski definition) is 18. The Bertz CT molecular complexity index is 5750. The van der Waals surface area contributed by atoms with Crippen LogP contribution < -0.4 is 45.6 Å². The fourth-order valence-electron chi connectivity index (χ4n) is 9.61. The van der Waals surface area contributed by atoms with Crippen molar-refractivity contribution in [3.8, 4) is 34.5 Å². The zero-order chi connectivity index (χ0) is 123. The number of ether oxygens (including phenoxy) is 9. The predicted molar refractivity (Wildman–Crippen MR) is 353 cm³/mol. The third kappa shape index (κ3) is 17.5. The van der Waals surface area contributed by atoms with Gasteiger partial charge < -0.3 is 59.8 Å². The van der Waals surface area contributed by atoms with Crippen LogP contribution in [-0.2, 0) is 47.8 Å². The normalized spacial score (nSPS) is 47.7. The van der Waals surface area contributed by atoms with Crippen molar-refractivity contribution < 1.29 is 147 Å². The molecule has 18 heteroatoms. The fraction of sp³-hybridized carbons (Fsp3) is 0.708. The average molecular weight is 1320 g/mol. The minimum absolute atomic E-state index is 0.0219. The quantitative estimate of drug-likeness (QED) is 0.0666. The minimum atomic E-state index is -4.26. The molecule has 6 heterocycles. The van der Waals surface area contributed by atoms with Gasteiger partial charge in [0.05, 0.1) is 60.3 Å². The van der Waals surface area contributed by atoms with Gasteiger partial charge in [-0.05, 0) is 143 Å². The van der Waals surface area contributed by atoms with Gasteiger partial charge >= 0.3 is 17.9 Å². The number of nitrogens with zero attached hydrogens (tertiary/aromatic N) is 3. The highest BCUT2D eigenvalue weighted by Gasteiger charge is 2.45. The molecule has 0 radical (unpaired) electrons. The van der Waals surface area contributed by atoms with Crippen molar-refractivity contribution in [1.82, 2.24) is 14.7 Å². The zero-order valence-corrected chi connectivity index (χ0v) is 49.4. The van der Waals surface area contributed by atoms with E-state index in [9.17, 15) is 30.8 Å². The molecule has 12 unspecified atom stereocenters. The third-order valence-corrected chi connectivity index (χ3v) is 13.8. The van der Waals surface area contributed by atoms with Gasteiger partial charge in [-0.1, -0.05) is 82.4 Å². The van der Waals surface area contributed by atoms with Crippen LogP contribution in [0.2, 0.25) is 0 Å². The molecular formula is C72H114N6O12. The van der Waals surface area contributed by atoms with Crippen LogP contribution in [0.25, 0.3) is 0 Å². The van der Waals surface area contributed by atoms with Crippen LogP contribution >= 0.6 is 0 Å². The number of carbonyl (C=O) groups is 3. The van der Waals surface area contributed by atoms with Gasteiger partial charge in [0.15, 0.2) is 34.5 Å². The number of carbonyl (C=O) groups excluding carboxylic acids is 3. The Morgan fingerprint density at radius 3 is 1.47 bits per heavy atom. The first-order chi connectivity index (χ1) is 68.3. The Labute approximate surface area is 632 Å². The van der Waals surface area contributed by atoms with Crippen LogP contribution in [0.3, 0.4) is 0 Å². The van der Waals surface area contributed by atoms with Gasteiger partial charge in [0.25, 0.3) is 0 Å². The highest BCUT2D eigenvalue weighted by Crippen LogP contribution is 2.48. The molecule has 18 nitrogen and oxygen atoms in total. The topological polar surface area (TPSA) is 222 Å². The average Bonchev–Trinajstić information content (AvgIpc) is 0.669. The monoisotopic (exact) mass is 1320 g/mol. The van der Waals surface area contributed by atoms with Gasteiger partial charge in [0.2, 0.25) is 0 Å². The Kier molecular flexibility index (Phi) is 8.70. The van der Waals surface area contributed by atoms with Gasteiger partial charge in [-0.2, -0.15) is 0 Å². The van der Waals surface area contributed by atoms with Crippen LogP contribution in [-0.4, -0.2) is 151 Å². The van der Waals surface area contributed by atoms with Gasteiger partial charge in [-0.3, -0.25) is 29.1 Å². The molecule has 504 valence electrons. The maximum Gasteiger partial charge on any atom is 0.323 e. The van der Waals surface area contributed by atoms with E-state index in [1.165, 1.54) is 26.4 Å². The van der Waals surface area contributed by atoms with Crippen LogP contribution in [0.15, 0.2) is 36.4 Å². The van der Waals surface area contributed by atoms with E-state index in [2.05, 4.69) is 0 Å². The summed E-state index contributed by atoms with van der Waals surface area (Å²) in [4.78, 5) is 42.9. The predicted octanol–water partition coefficient (Wildman–Crippen LogP) is 10.7. The van der Waals surface area contributed by atoms with E-state index in [-0.39, 0.29) is 57.4 Å². The SMILES string of the molecule is [2H]C([2H])([2H])Oc1cc2c(cc1OC)C1N(CC2)C([2H])([2H])C([2H])(C([2H])([2H])C([2H])(C)C([2H])([2H])[2H])C(OC(=O)[C@@]([2H])(N)C([2H])(C([2H])([2H])[2H])C([2H])([2H])[2H])C1([2H])[2H].[2H]C1([2H])C2c3cc(OC)c(OC)cc3CCN2C([2H])([2H])C([2H])(C([2H])([2H])C([2H])(C)C([2H])([2H])[2H])C1OC(=O)[C@@]([2H])(N)C([2H])(C([2H])([2H])[2H])C([2H])([2H])[2H].[2H]c1c(OC)c(OC([2H])([2H])[2H])c([2H])c2c1C1([2H])CC([2H])(OC(=O)[C@@]([2H])(N)C([2H])(C([2H])([2H])[2H])C([2H])([2H])[2H])C(C([2H])([2H])C([2H])(C)C([2H])([2H])[2H])CN1C([2H])([2H])C2([2H])[2H]. The Balaban J connectivity index is 0.000000316. The van der Waals surface area contributed by atoms with Gasteiger partial charge in [-0.25, -0.2) is 0 Å². The summed E-state index contributed by atoms with van der Waals surface area (Å²) in [6, 6.07) is -17.3. The lowest BCUT2D eigenvalue weighted by Crippen LogP contribution is -2.51. The van der Waals surface area contributed by atoms with Crippen LogP contribution in [0.5, 0.6) is 34.5 Å². The molecule has 9 rings (SSSR count). The number of benzene rings is 3. The number of hydrogen-bond donors (Lipinski definition) is 3. The van der Waals surface area contributed by atoms with E-state index in [0.717, 1.165) is 26.4 Å². The smallest absolute Gasteiger partial charge is 0.323 e. The summed E-state index contributed by atoms with van der Waals surface area (Å²) in [5, 5.41) is 0. The Morgan fingerprint density at radius 2 is 1.01 bits per heavy atom. The number of nitrogens with two attached hydrogens (primary N) is 3. The van der Waals surface area contributed by atoms with Gasteiger partial charge in [0.1, 0.15) is 36.3 Å². The zero-order valence-electron chi connectivity index (χ0n) is 115. The second kappa shape index (κ2) is 32.5. The Morgan fingerprint density at radius 1 is 0.578 bits per heavy atom. The number of methoxy groups -OCH3 is 6. The molecule has 15 atom stereocenters. The second-order valence-corrected chi connectivity index (χ2v) is 19.8. The van der Waals surface area contributed by atoms with E-state index in [0.29, 0.717) is 36.1 Å². The minimum Gasteiger partial charge on any atom is -0.493 e. The van der Waals surface area contributed by atoms with E-state index in [4.69, 9.17) is 134 Å². The molecule has 3 saturated heterocycles. The Hall–Kier alpha value is -5.37. The van der Waals surface area contributed by atoms with Crippen molar-refractivity contribution in [2.45, 2.75) is 194 Å². The maximum atomic E-state index is 13.8. The molecule has 3 aromatic carbocycles. The molecule has 0 aliphatic carbocycles. The largest absolute Gasteiger partial charge is 0.493 e. The first-order valence-electron chi connectivity index (χ1n) is 59.7. The standard InChI is InChI=1S/3C24H38N2O4/c3*1-14(2)9-17-13-26-8-7-16-10-21(28-5)22(29-6)11-18(16)19(26)12-20(17)30-24(27)23(25)15(3)4/h3*10-11,14-15,17,19-20,23H,7-9,12-13,25H2,1-6H3/t3*17?,19?,20?,23-/m000/s1/i1D3,3D3,4D3,5D3,7D2,8D2,9D2,10D,11D,14D,15D,19D,20D,23D;1D3,3D3,4D3,5D3,9D2,12D2,13D2,14D,15D,17D,23D;1D3,3D3,4D3,9D2,12D2,13D2,14D,15D,17D,23D/t3*14?,17?,19?,20?,23-. The summed E-state index contributed by atoms with van der Waals surface area (Å²) in [6.07, 6.45) is -34.5. The lowest BCUT2D eigenvalue weighted by molar-refractivity contribution is -0.161. The van der Waals surface area contributed by atoms with E-state index < -0.39 is 320 Å². The lowest BCUT2D eigenvalue weighted by Gasteiger charge is -2.47.